The lowest BCUT2D eigenvalue weighted by molar-refractivity contribution is 0.667. The van der Waals surface area contributed by atoms with Crippen molar-refractivity contribution in [2.24, 2.45) is 0 Å². The molecule has 4 aromatic rings. The molecule has 2 heteroatoms. The molecule has 0 aliphatic heterocycles. The molecule has 0 spiro atoms. The van der Waals surface area contributed by atoms with Gasteiger partial charge in [-0.15, -0.1) is 0 Å². The van der Waals surface area contributed by atoms with Gasteiger partial charge in [-0.05, 0) is 45.3 Å². The maximum atomic E-state index is 5.93. The van der Waals surface area contributed by atoms with E-state index in [4.69, 9.17) is 4.42 Å². The zero-order valence-electron chi connectivity index (χ0n) is 10.6. The van der Waals surface area contributed by atoms with Crippen molar-refractivity contribution in [3.63, 3.8) is 0 Å². The summed E-state index contributed by atoms with van der Waals surface area (Å²) in [6, 6.07) is 22.8. The highest BCUT2D eigenvalue weighted by molar-refractivity contribution is 9.10. The van der Waals surface area contributed by atoms with Crippen molar-refractivity contribution in [3.05, 3.63) is 71.2 Å². The first-order valence-corrected chi connectivity index (χ1v) is 7.28. The smallest absolute Gasteiger partial charge is 0.149 e. The summed E-state index contributed by atoms with van der Waals surface area (Å²) in [6.45, 7) is 0. The molecule has 0 saturated carbocycles. The number of rotatable bonds is 1. The second-order valence-corrected chi connectivity index (χ2v) is 5.65. The van der Waals surface area contributed by atoms with Crippen LogP contribution in [0.5, 0.6) is 0 Å². The van der Waals surface area contributed by atoms with Crippen LogP contribution in [0, 0.1) is 0 Å². The first kappa shape index (κ1) is 11.7. The van der Waals surface area contributed by atoms with Gasteiger partial charge in [0.1, 0.15) is 11.2 Å². The van der Waals surface area contributed by atoms with E-state index >= 15 is 0 Å². The molecular formula is C18H11BrO. The zero-order chi connectivity index (χ0) is 13.5. The minimum Gasteiger partial charge on any atom is -0.455 e. The van der Waals surface area contributed by atoms with Crippen molar-refractivity contribution >= 4 is 37.9 Å². The molecule has 0 unspecified atom stereocenters. The van der Waals surface area contributed by atoms with Crippen molar-refractivity contribution in [1.29, 1.82) is 0 Å². The molecule has 1 heterocycles. The monoisotopic (exact) mass is 322 g/mol. The third kappa shape index (κ3) is 1.76. The number of furan rings is 1. The van der Waals surface area contributed by atoms with Crippen LogP contribution in [0.2, 0.25) is 0 Å². The quantitative estimate of drug-likeness (QED) is 0.418. The molecular weight excluding hydrogens is 312 g/mol. The fourth-order valence-electron chi connectivity index (χ4n) is 2.58. The van der Waals surface area contributed by atoms with Gasteiger partial charge in [-0.3, -0.25) is 0 Å². The molecule has 0 radical (unpaired) electrons. The highest BCUT2D eigenvalue weighted by Crippen LogP contribution is 2.37. The van der Waals surface area contributed by atoms with Gasteiger partial charge in [0.05, 0.1) is 4.47 Å². The van der Waals surface area contributed by atoms with E-state index in [1.807, 2.05) is 24.3 Å². The molecule has 0 atom stereocenters. The Bertz CT molecular complexity index is 907. The number of fused-ring (bicyclic) bond motifs is 3. The van der Waals surface area contributed by atoms with Gasteiger partial charge in [-0.2, -0.15) is 0 Å². The number of benzene rings is 3. The fraction of sp³-hybridized carbons (Fsp3) is 0. The van der Waals surface area contributed by atoms with Crippen LogP contribution in [-0.4, -0.2) is 0 Å². The van der Waals surface area contributed by atoms with Crippen LogP contribution >= 0.6 is 15.9 Å². The summed E-state index contributed by atoms with van der Waals surface area (Å²) in [7, 11) is 0. The summed E-state index contributed by atoms with van der Waals surface area (Å²) in [5, 5.41) is 2.30. The first-order chi connectivity index (χ1) is 9.83. The Kier molecular flexibility index (Phi) is 2.64. The van der Waals surface area contributed by atoms with Crippen LogP contribution in [0.3, 0.4) is 0 Å². The van der Waals surface area contributed by atoms with E-state index in [9.17, 15) is 0 Å². The molecule has 0 bridgehead atoms. The molecule has 0 saturated heterocycles. The van der Waals surface area contributed by atoms with E-state index in [0.29, 0.717) is 0 Å². The average Bonchev–Trinajstić information content (AvgIpc) is 2.88. The Balaban J connectivity index is 2.08. The summed E-state index contributed by atoms with van der Waals surface area (Å²) < 4.78 is 6.92. The third-order valence-electron chi connectivity index (χ3n) is 3.54. The number of hydrogen-bond donors (Lipinski definition) is 0. The normalized spacial score (nSPS) is 11.2. The Morgan fingerprint density at radius 2 is 1.45 bits per heavy atom. The van der Waals surface area contributed by atoms with Crippen LogP contribution in [0.25, 0.3) is 33.1 Å². The molecule has 4 rings (SSSR count). The molecule has 0 fully saturated rings. The number of para-hydroxylation sites is 1. The molecule has 3 aromatic carbocycles. The van der Waals surface area contributed by atoms with Crippen LogP contribution in [-0.2, 0) is 0 Å². The van der Waals surface area contributed by atoms with Crippen LogP contribution < -0.4 is 0 Å². The van der Waals surface area contributed by atoms with Gasteiger partial charge in [0.25, 0.3) is 0 Å². The molecule has 0 aliphatic rings. The van der Waals surface area contributed by atoms with Crippen molar-refractivity contribution in [2.45, 2.75) is 0 Å². The molecule has 20 heavy (non-hydrogen) atoms. The molecule has 0 amide bonds. The van der Waals surface area contributed by atoms with Gasteiger partial charge in [0, 0.05) is 10.8 Å². The predicted octanol–water partition coefficient (Wildman–Crippen LogP) is 6.02. The SMILES string of the molecule is Brc1cc(-c2ccccc2)cc2c1oc1ccccc12. The summed E-state index contributed by atoms with van der Waals surface area (Å²) in [4.78, 5) is 0. The van der Waals surface area contributed by atoms with E-state index in [1.165, 1.54) is 11.1 Å². The highest BCUT2D eigenvalue weighted by atomic mass is 79.9. The molecule has 1 aromatic heterocycles. The number of halogens is 1. The van der Waals surface area contributed by atoms with Gasteiger partial charge < -0.3 is 4.42 Å². The Labute approximate surface area is 125 Å². The van der Waals surface area contributed by atoms with E-state index in [0.717, 1.165) is 26.4 Å². The van der Waals surface area contributed by atoms with Crippen molar-refractivity contribution in [3.8, 4) is 11.1 Å². The zero-order valence-corrected chi connectivity index (χ0v) is 12.2. The van der Waals surface area contributed by atoms with Crippen LogP contribution in [0.1, 0.15) is 0 Å². The third-order valence-corrected chi connectivity index (χ3v) is 4.13. The maximum absolute atomic E-state index is 5.93. The standard InChI is InChI=1S/C18H11BrO/c19-16-11-13(12-6-2-1-3-7-12)10-15-14-8-4-5-9-17(14)20-18(15)16/h1-11H. The molecule has 0 N–H and O–H groups in total. The van der Waals surface area contributed by atoms with E-state index in [2.05, 4.69) is 58.4 Å². The largest absolute Gasteiger partial charge is 0.455 e. The Hall–Kier alpha value is -2.06. The van der Waals surface area contributed by atoms with Gasteiger partial charge in [-0.1, -0.05) is 48.5 Å². The average molecular weight is 323 g/mol. The van der Waals surface area contributed by atoms with Gasteiger partial charge in [-0.25, -0.2) is 0 Å². The first-order valence-electron chi connectivity index (χ1n) is 6.49. The topological polar surface area (TPSA) is 13.1 Å². The minimum atomic E-state index is 0.908. The van der Waals surface area contributed by atoms with Crippen molar-refractivity contribution in [2.75, 3.05) is 0 Å². The van der Waals surface area contributed by atoms with Gasteiger partial charge in [0.2, 0.25) is 0 Å². The van der Waals surface area contributed by atoms with E-state index < -0.39 is 0 Å². The predicted molar refractivity (Wildman–Crippen MR) is 86.9 cm³/mol. The van der Waals surface area contributed by atoms with Crippen molar-refractivity contribution < 1.29 is 4.42 Å². The summed E-state index contributed by atoms with van der Waals surface area (Å²) in [6.07, 6.45) is 0. The highest BCUT2D eigenvalue weighted by Gasteiger charge is 2.11. The van der Waals surface area contributed by atoms with Crippen LogP contribution in [0.15, 0.2) is 75.6 Å². The lowest BCUT2D eigenvalue weighted by Gasteiger charge is -2.03. The van der Waals surface area contributed by atoms with E-state index in [1.54, 1.807) is 0 Å². The van der Waals surface area contributed by atoms with Gasteiger partial charge in [0.15, 0.2) is 0 Å². The molecule has 96 valence electrons. The van der Waals surface area contributed by atoms with E-state index in [-0.39, 0.29) is 0 Å². The second-order valence-electron chi connectivity index (χ2n) is 4.80. The molecule has 0 aliphatic carbocycles. The Morgan fingerprint density at radius 1 is 0.700 bits per heavy atom. The summed E-state index contributed by atoms with van der Waals surface area (Å²) in [5.41, 5.74) is 4.23. The lowest BCUT2D eigenvalue weighted by Crippen LogP contribution is -1.78. The summed E-state index contributed by atoms with van der Waals surface area (Å²) in [5.74, 6) is 0. The minimum absolute atomic E-state index is 0.908. The summed E-state index contributed by atoms with van der Waals surface area (Å²) >= 11 is 3.63. The molecule has 1 nitrogen and oxygen atoms in total. The van der Waals surface area contributed by atoms with Crippen LogP contribution in [0.4, 0.5) is 0 Å². The van der Waals surface area contributed by atoms with Crippen molar-refractivity contribution in [1.82, 2.24) is 0 Å². The lowest BCUT2D eigenvalue weighted by atomic mass is 10.0. The maximum Gasteiger partial charge on any atom is 0.149 e. The fourth-order valence-corrected chi connectivity index (χ4v) is 3.12. The number of hydrogen-bond acceptors (Lipinski definition) is 1. The van der Waals surface area contributed by atoms with Gasteiger partial charge >= 0.3 is 0 Å². The second kappa shape index (κ2) is 4.50. The Morgan fingerprint density at radius 3 is 2.30 bits per heavy atom.